The highest BCUT2D eigenvalue weighted by Crippen LogP contribution is 2.29. The lowest BCUT2D eigenvalue weighted by Crippen LogP contribution is -2.40. The fraction of sp³-hybridized carbons (Fsp3) is 0.292. The van der Waals surface area contributed by atoms with E-state index in [4.69, 9.17) is 0 Å². The summed E-state index contributed by atoms with van der Waals surface area (Å²) in [6, 6.07) is 10.8. The Morgan fingerprint density at radius 2 is 1.94 bits per heavy atom. The van der Waals surface area contributed by atoms with Crippen molar-refractivity contribution in [1.82, 2.24) is 19.9 Å². The van der Waals surface area contributed by atoms with Crippen molar-refractivity contribution in [2.45, 2.75) is 38.6 Å². The first kappa shape index (κ1) is 21.5. The number of nitrogens with zero attached hydrogens (tertiary/aromatic N) is 4. The maximum atomic E-state index is 13.1. The molecule has 1 N–H and O–H groups in total. The topological polar surface area (TPSA) is 88.1 Å². The summed E-state index contributed by atoms with van der Waals surface area (Å²) in [6.07, 6.45) is 6.09. The van der Waals surface area contributed by atoms with Gasteiger partial charge in [-0.1, -0.05) is 6.07 Å². The highest BCUT2D eigenvalue weighted by atomic mass is 19.1. The van der Waals surface area contributed by atoms with E-state index in [1.165, 1.54) is 30.5 Å². The van der Waals surface area contributed by atoms with E-state index in [2.05, 4.69) is 20.3 Å². The third-order valence-corrected chi connectivity index (χ3v) is 5.52. The molecule has 0 radical (unpaired) electrons. The Bertz CT molecular complexity index is 1110. The van der Waals surface area contributed by atoms with Gasteiger partial charge >= 0.3 is 0 Å². The molecule has 1 aliphatic heterocycles. The molecule has 8 heteroatoms. The third kappa shape index (κ3) is 4.96. The lowest BCUT2D eigenvalue weighted by Gasteiger charge is -2.35. The zero-order valence-corrected chi connectivity index (χ0v) is 17.8. The van der Waals surface area contributed by atoms with E-state index < -0.39 is 0 Å². The van der Waals surface area contributed by atoms with Crippen molar-refractivity contribution in [1.29, 1.82) is 0 Å². The summed E-state index contributed by atoms with van der Waals surface area (Å²) < 4.78 is 13.1. The molecule has 3 heterocycles. The van der Waals surface area contributed by atoms with Crippen LogP contribution in [0.5, 0.6) is 0 Å². The predicted molar refractivity (Wildman–Crippen MR) is 117 cm³/mol. The zero-order valence-electron chi connectivity index (χ0n) is 17.8. The average Bonchev–Trinajstić information content (AvgIpc) is 2.81. The van der Waals surface area contributed by atoms with Crippen LogP contribution in [-0.2, 0) is 11.2 Å². The summed E-state index contributed by atoms with van der Waals surface area (Å²) in [5.41, 5.74) is 2.07. The first-order chi connectivity index (χ1) is 15.5. The van der Waals surface area contributed by atoms with E-state index in [1.54, 1.807) is 13.1 Å². The Morgan fingerprint density at radius 3 is 2.66 bits per heavy atom. The largest absolute Gasteiger partial charge is 0.332 e. The predicted octanol–water partition coefficient (Wildman–Crippen LogP) is 3.87. The Hall–Kier alpha value is -3.68. The number of amides is 2. The number of aryl methyl sites for hydroxylation is 1. The molecular weight excluding hydrogens is 409 g/mol. The number of rotatable bonds is 5. The van der Waals surface area contributed by atoms with Crippen LogP contribution in [0.4, 0.5) is 10.1 Å². The van der Waals surface area contributed by atoms with Gasteiger partial charge in [0.25, 0.3) is 5.91 Å². The number of aromatic nitrogens is 3. The molecule has 0 spiro atoms. The first-order valence-corrected chi connectivity index (χ1v) is 10.6. The first-order valence-electron chi connectivity index (χ1n) is 10.6. The van der Waals surface area contributed by atoms with Gasteiger partial charge in [0, 0.05) is 30.3 Å². The second-order valence-electron chi connectivity index (χ2n) is 7.78. The molecule has 1 aromatic carbocycles. The van der Waals surface area contributed by atoms with Crippen molar-refractivity contribution in [2.75, 3.05) is 11.9 Å². The molecule has 32 heavy (non-hydrogen) atoms. The second kappa shape index (κ2) is 9.64. The molecule has 7 nitrogen and oxygen atoms in total. The number of pyridine rings is 1. The normalized spacial score (nSPS) is 15.9. The van der Waals surface area contributed by atoms with Gasteiger partial charge in [-0.2, -0.15) is 0 Å². The molecule has 1 aliphatic rings. The van der Waals surface area contributed by atoms with Crippen LogP contribution >= 0.6 is 0 Å². The molecule has 4 rings (SSSR count). The number of nitrogens with one attached hydrogen (secondary N) is 1. The van der Waals surface area contributed by atoms with Gasteiger partial charge in [-0.15, -0.1) is 0 Å². The summed E-state index contributed by atoms with van der Waals surface area (Å²) in [4.78, 5) is 40.7. The maximum Gasteiger partial charge on any atom is 0.259 e. The van der Waals surface area contributed by atoms with Crippen molar-refractivity contribution in [3.8, 4) is 0 Å². The second-order valence-corrected chi connectivity index (χ2v) is 7.78. The number of hydrogen-bond donors (Lipinski definition) is 1. The highest BCUT2D eigenvalue weighted by molar-refractivity contribution is 6.04. The molecule has 0 saturated carbocycles. The molecule has 3 aromatic rings. The highest BCUT2D eigenvalue weighted by Gasteiger charge is 2.30. The van der Waals surface area contributed by atoms with Crippen LogP contribution in [0.3, 0.4) is 0 Å². The van der Waals surface area contributed by atoms with Crippen LogP contribution in [0.15, 0.2) is 54.9 Å². The van der Waals surface area contributed by atoms with Crippen molar-refractivity contribution in [3.63, 3.8) is 0 Å². The van der Waals surface area contributed by atoms with Crippen LogP contribution in [-0.4, -0.2) is 38.2 Å². The van der Waals surface area contributed by atoms with Crippen molar-refractivity contribution in [2.24, 2.45) is 0 Å². The number of anilines is 1. The fourth-order valence-electron chi connectivity index (χ4n) is 3.86. The monoisotopic (exact) mass is 433 g/mol. The molecule has 1 atom stereocenters. The molecule has 0 aliphatic carbocycles. The lowest BCUT2D eigenvalue weighted by molar-refractivity contribution is -0.134. The van der Waals surface area contributed by atoms with E-state index in [-0.39, 0.29) is 30.1 Å². The van der Waals surface area contributed by atoms with E-state index in [1.807, 2.05) is 23.1 Å². The summed E-state index contributed by atoms with van der Waals surface area (Å²) in [6.45, 7) is 2.39. The number of piperidine rings is 1. The van der Waals surface area contributed by atoms with Crippen LogP contribution < -0.4 is 5.32 Å². The third-order valence-electron chi connectivity index (χ3n) is 5.52. The number of carbonyl (C=O) groups excluding carboxylic acids is 2. The van der Waals surface area contributed by atoms with Crippen molar-refractivity contribution < 1.29 is 14.0 Å². The molecule has 2 aromatic heterocycles. The number of carbonyl (C=O) groups is 2. The minimum atomic E-state index is -0.374. The van der Waals surface area contributed by atoms with Gasteiger partial charge in [0.05, 0.1) is 23.7 Å². The molecule has 1 saturated heterocycles. The number of halogens is 1. The SMILES string of the molecule is Cc1nc(C2CCCCN2C(=O)Cc2ccccn2)ncc1C(=O)Nc1ccc(F)cc1. The number of benzene rings is 1. The smallest absolute Gasteiger partial charge is 0.259 e. The van der Waals surface area contributed by atoms with Gasteiger partial charge in [-0.3, -0.25) is 14.6 Å². The van der Waals surface area contributed by atoms with Crippen LogP contribution in [0.25, 0.3) is 0 Å². The van der Waals surface area contributed by atoms with E-state index in [9.17, 15) is 14.0 Å². The van der Waals surface area contributed by atoms with Gasteiger partial charge < -0.3 is 10.2 Å². The fourth-order valence-corrected chi connectivity index (χ4v) is 3.86. The maximum absolute atomic E-state index is 13.1. The molecule has 1 fully saturated rings. The zero-order chi connectivity index (χ0) is 22.5. The average molecular weight is 433 g/mol. The Morgan fingerprint density at radius 1 is 1.12 bits per heavy atom. The Labute approximate surface area is 185 Å². The standard InChI is InChI=1S/C24H24FN5O2/c1-16-20(24(32)29-18-10-8-17(25)9-11-18)15-27-23(28-16)21-7-3-5-13-30(21)22(31)14-19-6-2-4-12-26-19/h2,4,6,8-12,15,21H,3,5,7,13-14H2,1H3,(H,29,32). The lowest BCUT2D eigenvalue weighted by atomic mass is 10.00. The molecule has 164 valence electrons. The van der Waals surface area contributed by atoms with Gasteiger partial charge in [0.1, 0.15) is 5.82 Å². The minimum Gasteiger partial charge on any atom is -0.332 e. The van der Waals surface area contributed by atoms with Crippen LogP contribution in [0, 0.1) is 12.7 Å². The van der Waals surface area contributed by atoms with Gasteiger partial charge in [0.15, 0.2) is 5.82 Å². The number of hydrogen-bond acceptors (Lipinski definition) is 5. The molecule has 0 bridgehead atoms. The van der Waals surface area contributed by atoms with Gasteiger partial charge in [0.2, 0.25) is 5.91 Å². The van der Waals surface area contributed by atoms with Crippen LogP contribution in [0.1, 0.15) is 52.9 Å². The summed E-state index contributed by atoms with van der Waals surface area (Å²) in [5, 5.41) is 2.72. The quantitative estimate of drug-likeness (QED) is 0.660. The van der Waals surface area contributed by atoms with Crippen molar-refractivity contribution in [3.05, 3.63) is 83.5 Å². The molecule has 2 amide bonds. The van der Waals surface area contributed by atoms with Gasteiger partial charge in [-0.05, 0) is 62.6 Å². The van der Waals surface area contributed by atoms with Gasteiger partial charge in [-0.25, -0.2) is 14.4 Å². The van der Waals surface area contributed by atoms with Crippen molar-refractivity contribution >= 4 is 17.5 Å². The molecular formula is C24H24FN5O2. The summed E-state index contributed by atoms with van der Waals surface area (Å²) >= 11 is 0. The summed E-state index contributed by atoms with van der Waals surface area (Å²) in [7, 11) is 0. The number of likely N-dealkylation sites (tertiary alicyclic amines) is 1. The summed E-state index contributed by atoms with van der Waals surface area (Å²) in [5.74, 6) is -0.212. The minimum absolute atomic E-state index is 0.00668. The Kier molecular flexibility index (Phi) is 6.49. The van der Waals surface area contributed by atoms with E-state index in [0.29, 0.717) is 29.3 Å². The molecule has 1 unspecified atom stereocenters. The Balaban J connectivity index is 1.50. The van der Waals surface area contributed by atoms with E-state index in [0.717, 1.165) is 25.0 Å². The van der Waals surface area contributed by atoms with E-state index >= 15 is 0 Å². The van der Waals surface area contributed by atoms with Crippen LogP contribution in [0.2, 0.25) is 0 Å².